The van der Waals surface area contributed by atoms with Crippen molar-refractivity contribution in [1.29, 1.82) is 0 Å². The van der Waals surface area contributed by atoms with Crippen LogP contribution >= 0.6 is 0 Å². The Balaban J connectivity index is 2.80. The Kier molecular flexibility index (Phi) is 3.42. The largest absolute Gasteiger partial charge is 0.398 e. The zero-order valence-corrected chi connectivity index (χ0v) is 9.16. The number of nitrogen functional groups attached to an aromatic ring is 1. The van der Waals surface area contributed by atoms with E-state index in [4.69, 9.17) is 11.5 Å². The van der Waals surface area contributed by atoms with Gasteiger partial charge >= 0.3 is 0 Å². The maximum atomic E-state index is 11.8. The molecule has 1 aromatic rings. The smallest absolute Gasteiger partial charge is 0.156 e. The van der Waals surface area contributed by atoms with Crippen LogP contribution in [0.3, 0.4) is 0 Å². The van der Waals surface area contributed by atoms with Crippen molar-refractivity contribution in [3.8, 4) is 0 Å². The number of anilines is 1. The van der Waals surface area contributed by atoms with Gasteiger partial charge in [-0.25, -0.2) is 0 Å². The van der Waals surface area contributed by atoms with Crippen molar-refractivity contribution in [2.24, 2.45) is 5.73 Å². The number of hydrogen-bond acceptors (Lipinski definition) is 4. The van der Waals surface area contributed by atoms with Gasteiger partial charge in [-0.2, -0.15) is 0 Å². The highest BCUT2D eigenvalue weighted by Crippen LogP contribution is 2.15. The number of carbonyl (C=O) groups is 1. The average molecular weight is 207 g/mol. The SMILES string of the molecule is CCC(C)(N)C(=O)Cc1cnccc1N. The highest BCUT2D eigenvalue weighted by Gasteiger charge is 2.26. The molecule has 0 saturated heterocycles. The lowest BCUT2D eigenvalue weighted by Crippen LogP contribution is -2.45. The molecule has 0 aliphatic heterocycles. The zero-order valence-electron chi connectivity index (χ0n) is 9.16. The molecule has 0 saturated carbocycles. The first-order valence-electron chi connectivity index (χ1n) is 4.98. The molecule has 1 rings (SSSR count). The molecule has 15 heavy (non-hydrogen) atoms. The van der Waals surface area contributed by atoms with Crippen molar-refractivity contribution in [1.82, 2.24) is 4.98 Å². The van der Waals surface area contributed by atoms with Gasteiger partial charge in [-0.3, -0.25) is 9.78 Å². The van der Waals surface area contributed by atoms with Gasteiger partial charge in [0.15, 0.2) is 5.78 Å². The summed E-state index contributed by atoms with van der Waals surface area (Å²) in [5.41, 5.74) is 12.1. The predicted octanol–water partition coefficient (Wildman–Crippen LogP) is 0.903. The topological polar surface area (TPSA) is 82.0 Å². The molecule has 4 N–H and O–H groups in total. The lowest BCUT2D eigenvalue weighted by Gasteiger charge is -2.21. The van der Waals surface area contributed by atoms with Gasteiger partial charge in [0.25, 0.3) is 0 Å². The highest BCUT2D eigenvalue weighted by molar-refractivity contribution is 5.90. The number of rotatable bonds is 4. The van der Waals surface area contributed by atoms with Crippen molar-refractivity contribution in [3.05, 3.63) is 24.0 Å². The number of aromatic nitrogens is 1. The summed E-state index contributed by atoms with van der Waals surface area (Å²) in [7, 11) is 0. The number of nitrogens with zero attached hydrogens (tertiary/aromatic N) is 1. The fourth-order valence-corrected chi connectivity index (χ4v) is 1.16. The van der Waals surface area contributed by atoms with Gasteiger partial charge in [0.1, 0.15) is 0 Å². The van der Waals surface area contributed by atoms with Gasteiger partial charge in [0.05, 0.1) is 5.54 Å². The summed E-state index contributed by atoms with van der Waals surface area (Å²) in [5.74, 6) is -0.00954. The quantitative estimate of drug-likeness (QED) is 0.768. The van der Waals surface area contributed by atoms with Gasteiger partial charge in [-0.15, -0.1) is 0 Å². The number of Topliss-reactive ketones (excluding diaryl/α,β-unsaturated/α-hetero) is 1. The molecule has 1 unspecified atom stereocenters. The molecule has 1 atom stereocenters. The van der Waals surface area contributed by atoms with Crippen LogP contribution in [0.25, 0.3) is 0 Å². The minimum Gasteiger partial charge on any atom is -0.398 e. The number of ketones is 1. The molecule has 0 radical (unpaired) electrons. The van der Waals surface area contributed by atoms with Gasteiger partial charge < -0.3 is 11.5 Å². The van der Waals surface area contributed by atoms with Crippen LogP contribution in [0.1, 0.15) is 25.8 Å². The maximum absolute atomic E-state index is 11.8. The molecular weight excluding hydrogens is 190 g/mol. The second-order valence-corrected chi connectivity index (χ2v) is 3.95. The van der Waals surface area contributed by atoms with E-state index in [0.717, 1.165) is 5.56 Å². The molecule has 0 fully saturated rings. The molecule has 1 aromatic heterocycles. The molecule has 0 spiro atoms. The van der Waals surface area contributed by atoms with Gasteiger partial charge in [-0.1, -0.05) is 6.92 Å². The summed E-state index contributed by atoms with van der Waals surface area (Å²) >= 11 is 0. The van der Waals surface area contributed by atoms with E-state index < -0.39 is 5.54 Å². The molecule has 82 valence electrons. The standard InChI is InChI=1S/C11H17N3O/c1-3-11(2,13)10(15)6-8-7-14-5-4-9(8)12/h4-5,7H,3,6,13H2,1-2H3,(H2,12,14). The number of nitrogens with two attached hydrogens (primary N) is 2. The minimum atomic E-state index is -0.776. The minimum absolute atomic E-state index is 0.00954. The van der Waals surface area contributed by atoms with Gasteiger partial charge in [0.2, 0.25) is 0 Å². The molecule has 1 heterocycles. The van der Waals surface area contributed by atoms with E-state index in [1.807, 2.05) is 6.92 Å². The Morgan fingerprint density at radius 2 is 2.27 bits per heavy atom. The molecule has 4 nitrogen and oxygen atoms in total. The maximum Gasteiger partial charge on any atom is 0.156 e. The van der Waals surface area contributed by atoms with E-state index in [0.29, 0.717) is 12.1 Å². The van der Waals surface area contributed by atoms with Crippen LogP contribution in [0.5, 0.6) is 0 Å². The van der Waals surface area contributed by atoms with Crippen molar-refractivity contribution in [2.45, 2.75) is 32.2 Å². The summed E-state index contributed by atoms with van der Waals surface area (Å²) in [6.07, 6.45) is 4.08. The second kappa shape index (κ2) is 4.40. The van der Waals surface area contributed by atoms with E-state index in [-0.39, 0.29) is 12.2 Å². The Morgan fingerprint density at radius 3 is 2.80 bits per heavy atom. The summed E-state index contributed by atoms with van der Waals surface area (Å²) in [6, 6.07) is 1.68. The number of carbonyl (C=O) groups excluding carboxylic acids is 1. The third-order valence-corrected chi connectivity index (χ3v) is 2.66. The molecular formula is C11H17N3O. The van der Waals surface area contributed by atoms with E-state index in [2.05, 4.69) is 4.98 Å². The van der Waals surface area contributed by atoms with Crippen molar-refractivity contribution < 1.29 is 4.79 Å². The fraction of sp³-hybridized carbons (Fsp3) is 0.455. The molecule has 0 aromatic carbocycles. The van der Waals surface area contributed by atoms with E-state index in [1.54, 1.807) is 25.4 Å². The number of hydrogen-bond donors (Lipinski definition) is 2. The third-order valence-electron chi connectivity index (χ3n) is 2.66. The average Bonchev–Trinajstić information content (AvgIpc) is 2.21. The van der Waals surface area contributed by atoms with Crippen molar-refractivity contribution in [2.75, 3.05) is 5.73 Å². The van der Waals surface area contributed by atoms with Crippen LogP contribution < -0.4 is 11.5 Å². The third kappa shape index (κ3) is 2.76. The Hall–Kier alpha value is -1.42. The van der Waals surface area contributed by atoms with Crippen molar-refractivity contribution in [3.63, 3.8) is 0 Å². The van der Waals surface area contributed by atoms with E-state index in [1.165, 1.54) is 0 Å². The van der Waals surface area contributed by atoms with Gasteiger partial charge in [0, 0.05) is 30.1 Å². The predicted molar refractivity (Wildman–Crippen MR) is 60.2 cm³/mol. The second-order valence-electron chi connectivity index (χ2n) is 3.95. The summed E-state index contributed by atoms with van der Waals surface area (Å²) < 4.78 is 0. The molecule has 0 amide bonds. The summed E-state index contributed by atoms with van der Waals surface area (Å²) in [4.78, 5) is 15.7. The molecule has 0 aliphatic carbocycles. The number of pyridine rings is 1. The monoisotopic (exact) mass is 207 g/mol. The molecule has 0 aliphatic rings. The van der Waals surface area contributed by atoms with Crippen LogP contribution in [-0.4, -0.2) is 16.3 Å². The summed E-state index contributed by atoms with van der Waals surface area (Å²) in [6.45, 7) is 3.63. The Labute approximate surface area is 89.7 Å². The summed E-state index contributed by atoms with van der Waals surface area (Å²) in [5, 5.41) is 0. The fourth-order valence-electron chi connectivity index (χ4n) is 1.16. The van der Waals surface area contributed by atoms with Crippen LogP contribution in [0.2, 0.25) is 0 Å². The van der Waals surface area contributed by atoms with Crippen LogP contribution in [0, 0.1) is 0 Å². The lowest BCUT2D eigenvalue weighted by atomic mass is 9.90. The van der Waals surface area contributed by atoms with Crippen LogP contribution in [-0.2, 0) is 11.2 Å². The van der Waals surface area contributed by atoms with Crippen molar-refractivity contribution >= 4 is 11.5 Å². The van der Waals surface area contributed by atoms with E-state index in [9.17, 15) is 4.79 Å². The van der Waals surface area contributed by atoms with Crippen LogP contribution in [0.4, 0.5) is 5.69 Å². The van der Waals surface area contributed by atoms with Gasteiger partial charge in [-0.05, 0) is 19.4 Å². The Morgan fingerprint density at radius 1 is 1.60 bits per heavy atom. The first-order chi connectivity index (χ1) is 6.97. The zero-order chi connectivity index (χ0) is 11.5. The van der Waals surface area contributed by atoms with Crippen LogP contribution in [0.15, 0.2) is 18.5 Å². The first-order valence-corrected chi connectivity index (χ1v) is 4.98. The molecule has 4 heteroatoms. The molecule has 0 bridgehead atoms. The first kappa shape index (κ1) is 11.7. The highest BCUT2D eigenvalue weighted by atomic mass is 16.1. The Bertz CT molecular complexity index is 361. The van der Waals surface area contributed by atoms with E-state index >= 15 is 0 Å². The normalized spacial score (nSPS) is 14.6. The lowest BCUT2D eigenvalue weighted by molar-refractivity contribution is -0.123.